The minimum Gasteiger partial charge on any atom is -0.491 e. The summed E-state index contributed by atoms with van der Waals surface area (Å²) < 4.78 is 16.1. The van der Waals surface area contributed by atoms with Gasteiger partial charge in [-0.15, -0.1) is 0 Å². The molecule has 0 bridgehead atoms. The molecule has 1 aromatic carbocycles. The van der Waals surface area contributed by atoms with Crippen LogP contribution in [-0.4, -0.2) is 89.7 Å². The molecule has 1 aliphatic rings. The zero-order valence-corrected chi connectivity index (χ0v) is 18.6. The number of carbonyl (C=O) groups is 1. The molecule has 1 heterocycles. The lowest BCUT2D eigenvalue weighted by molar-refractivity contribution is 0.0104. The molecule has 0 aromatic heterocycles. The zero-order valence-electron chi connectivity index (χ0n) is 18.6. The van der Waals surface area contributed by atoms with E-state index in [0.717, 1.165) is 5.56 Å². The van der Waals surface area contributed by atoms with Gasteiger partial charge in [-0.3, -0.25) is 0 Å². The monoisotopic (exact) mass is 440 g/mol. The number of benzene rings is 1. The van der Waals surface area contributed by atoms with Crippen LogP contribution in [-0.2, 0) is 16.0 Å². The van der Waals surface area contributed by atoms with Crippen LogP contribution in [0.3, 0.4) is 0 Å². The predicted molar refractivity (Wildman–Crippen MR) is 115 cm³/mol. The largest absolute Gasteiger partial charge is 0.491 e. The molecular weight excluding hydrogens is 404 g/mol. The molecule has 1 amide bonds. The molecule has 0 saturated carbocycles. The van der Waals surface area contributed by atoms with Crippen molar-refractivity contribution in [2.24, 2.45) is 0 Å². The molecule has 2 rings (SSSR count). The number of nitrogens with one attached hydrogen (secondary N) is 1. The third kappa shape index (κ3) is 9.40. The minimum atomic E-state index is -0.828. The quantitative estimate of drug-likeness (QED) is 0.418. The van der Waals surface area contributed by atoms with Crippen LogP contribution in [0.15, 0.2) is 24.3 Å². The highest BCUT2D eigenvalue weighted by atomic mass is 16.6. The average Bonchev–Trinajstić information content (AvgIpc) is 2.84. The van der Waals surface area contributed by atoms with E-state index in [4.69, 9.17) is 19.3 Å². The van der Waals surface area contributed by atoms with Crippen LogP contribution in [0.4, 0.5) is 4.79 Å². The van der Waals surface area contributed by atoms with Gasteiger partial charge in [-0.25, -0.2) is 4.79 Å². The van der Waals surface area contributed by atoms with Gasteiger partial charge in [0.1, 0.15) is 18.0 Å². The summed E-state index contributed by atoms with van der Waals surface area (Å²) in [5.41, 5.74) is 0.359. The average molecular weight is 441 g/mol. The molecule has 176 valence electrons. The molecule has 0 spiro atoms. The van der Waals surface area contributed by atoms with E-state index in [1.807, 2.05) is 24.3 Å². The summed E-state index contributed by atoms with van der Waals surface area (Å²) in [6.07, 6.45) is -1.80. The fourth-order valence-corrected chi connectivity index (χ4v) is 3.24. The van der Waals surface area contributed by atoms with E-state index < -0.39 is 23.9 Å². The topological polar surface area (TPSA) is 121 Å². The van der Waals surface area contributed by atoms with Gasteiger partial charge in [0.25, 0.3) is 0 Å². The number of rotatable bonds is 9. The number of hydrogen-bond donors (Lipinski definition) is 4. The summed E-state index contributed by atoms with van der Waals surface area (Å²) in [4.78, 5) is 13.7. The summed E-state index contributed by atoms with van der Waals surface area (Å²) in [6.45, 7) is 7.15. The van der Waals surface area contributed by atoms with Gasteiger partial charge < -0.3 is 39.7 Å². The van der Waals surface area contributed by atoms with E-state index >= 15 is 0 Å². The molecule has 1 aromatic rings. The zero-order chi connectivity index (χ0) is 22.9. The third-order valence-corrected chi connectivity index (χ3v) is 4.70. The van der Waals surface area contributed by atoms with Gasteiger partial charge >= 0.3 is 6.09 Å². The Morgan fingerprint density at radius 2 is 1.84 bits per heavy atom. The lowest BCUT2D eigenvalue weighted by Crippen LogP contribution is -2.46. The number of aliphatic hydroxyl groups excluding tert-OH is 3. The molecule has 9 heteroatoms. The Kier molecular flexibility index (Phi) is 9.98. The van der Waals surface area contributed by atoms with Crippen molar-refractivity contribution >= 4 is 6.09 Å². The van der Waals surface area contributed by atoms with Crippen LogP contribution in [0.2, 0.25) is 0 Å². The summed E-state index contributed by atoms with van der Waals surface area (Å²) in [5.74, 6) is 0.717. The highest BCUT2D eigenvalue weighted by Gasteiger charge is 2.33. The summed E-state index contributed by atoms with van der Waals surface area (Å²) in [5, 5.41) is 32.9. The minimum absolute atomic E-state index is 0.00650. The second-order valence-electron chi connectivity index (χ2n) is 8.66. The second-order valence-corrected chi connectivity index (χ2v) is 8.66. The Hall–Kier alpha value is -1.91. The number of hydrogen-bond acceptors (Lipinski definition) is 8. The number of carbonyl (C=O) groups excluding carboxylic acids is 1. The molecule has 31 heavy (non-hydrogen) atoms. The molecule has 0 radical (unpaired) electrons. The molecule has 1 fully saturated rings. The van der Waals surface area contributed by atoms with Gasteiger partial charge in [0.2, 0.25) is 0 Å². The molecule has 0 unspecified atom stereocenters. The Bertz CT molecular complexity index is 663. The van der Waals surface area contributed by atoms with Gasteiger partial charge in [-0.2, -0.15) is 0 Å². The molecule has 4 N–H and O–H groups in total. The van der Waals surface area contributed by atoms with Gasteiger partial charge in [0.15, 0.2) is 0 Å². The van der Waals surface area contributed by atoms with E-state index in [2.05, 4.69) is 5.32 Å². The van der Waals surface area contributed by atoms with Gasteiger partial charge in [-0.05, 0) is 44.9 Å². The van der Waals surface area contributed by atoms with Crippen LogP contribution in [0.5, 0.6) is 5.75 Å². The molecular formula is C22H36N2O7. The lowest BCUT2D eigenvalue weighted by atomic mass is 10.0. The van der Waals surface area contributed by atoms with Crippen molar-refractivity contribution in [1.29, 1.82) is 0 Å². The first-order chi connectivity index (χ1) is 14.7. The molecule has 9 nitrogen and oxygen atoms in total. The summed E-state index contributed by atoms with van der Waals surface area (Å²) in [6, 6.07) is 7.19. The van der Waals surface area contributed by atoms with Crippen molar-refractivity contribution in [2.75, 3.05) is 39.5 Å². The van der Waals surface area contributed by atoms with E-state index in [0.29, 0.717) is 38.5 Å². The van der Waals surface area contributed by atoms with E-state index in [1.165, 1.54) is 4.90 Å². The van der Waals surface area contributed by atoms with Crippen molar-refractivity contribution in [3.63, 3.8) is 0 Å². The Balaban J connectivity index is 1.82. The predicted octanol–water partition coefficient (Wildman–Crippen LogP) is 0.895. The first kappa shape index (κ1) is 25.4. The molecule has 3 atom stereocenters. The van der Waals surface area contributed by atoms with Gasteiger partial charge in [0, 0.05) is 12.6 Å². The standard InChI is InChI=1S/C22H36N2O7/c1-22(2,3)31-21(28)24-14-17(26)12-19(20(27)15-24)23-13-16-4-6-18(7-5-16)30-11-10-29-9-8-25/h4-7,17,19-20,23,25-27H,8-15H2,1-3H3/t17-,19-,20-/m1/s1. The van der Waals surface area contributed by atoms with Crippen molar-refractivity contribution in [2.45, 2.75) is 57.6 Å². The maximum Gasteiger partial charge on any atom is 0.410 e. The fraction of sp³-hybridized carbons (Fsp3) is 0.682. The van der Waals surface area contributed by atoms with E-state index in [9.17, 15) is 15.0 Å². The first-order valence-electron chi connectivity index (χ1n) is 10.7. The molecule has 1 saturated heterocycles. The normalized spacial score (nSPS) is 22.1. The third-order valence-electron chi connectivity index (χ3n) is 4.70. The van der Waals surface area contributed by atoms with E-state index in [1.54, 1.807) is 20.8 Å². The highest BCUT2D eigenvalue weighted by Crippen LogP contribution is 2.18. The summed E-state index contributed by atoms with van der Waals surface area (Å²) >= 11 is 0. The van der Waals surface area contributed by atoms with Crippen molar-refractivity contribution in [3.05, 3.63) is 29.8 Å². The smallest absolute Gasteiger partial charge is 0.410 e. The second kappa shape index (κ2) is 12.2. The van der Waals surface area contributed by atoms with Crippen LogP contribution < -0.4 is 10.1 Å². The highest BCUT2D eigenvalue weighted by molar-refractivity contribution is 5.68. The van der Waals surface area contributed by atoms with Crippen LogP contribution in [0, 0.1) is 0 Å². The maximum absolute atomic E-state index is 12.3. The Labute approximate surface area is 183 Å². The number of β-amino-alcohol motifs (C(OH)–C–C–N with tert-alkyl or cyclic N) is 2. The van der Waals surface area contributed by atoms with Crippen molar-refractivity contribution in [3.8, 4) is 5.75 Å². The number of likely N-dealkylation sites (tertiary alicyclic amines) is 1. The first-order valence-corrected chi connectivity index (χ1v) is 10.7. The van der Waals surface area contributed by atoms with E-state index in [-0.39, 0.29) is 25.7 Å². The maximum atomic E-state index is 12.3. The fourth-order valence-electron chi connectivity index (χ4n) is 3.24. The number of amides is 1. The SMILES string of the molecule is CC(C)(C)OC(=O)N1C[C@H](O)C[C@@H](NCc2ccc(OCCOCCO)cc2)[C@H](O)C1. The van der Waals surface area contributed by atoms with Gasteiger partial charge in [0.05, 0.1) is 45.1 Å². The Morgan fingerprint density at radius 3 is 2.48 bits per heavy atom. The lowest BCUT2D eigenvalue weighted by Gasteiger charge is -2.28. The number of aliphatic hydroxyl groups is 3. The van der Waals surface area contributed by atoms with Crippen molar-refractivity contribution < 1.29 is 34.3 Å². The summed E-state index contributed by atoms with van der Waals surface area (Å²) in [7, 11) is 0. The van der Waals surface area contributed by atoms with Crippen LogP contribution in [0.25, 0.3) is 0 Å². The molecule has 0 aliphatic carbocycles. The van der Waals surface area contributed by atoms with Crippen molar-refractivity contribution in [1.82, 2.24) is 10.2 Å². The molecule has 1 aliphatic heterocycles. The van der Waals surface area contributed by atoms with Gasteiger partial charge in [-0.1, -0.05) is 12.1 Å². The number of nitrogens with zero attached hydrogens (tertiary/aromatic N) is 1. The van der Waals surface area contributed by atoms with Crippen LogP contribution >= 0.6 is 0 Å². The Morgan fingerprint density at radius 1 is 1.13 bits per heavy atom. The number of ether oxygens (including phenoxy) is 3. The van der Waals surface area contributed by atoms with Crippen LogP contribution in [0.1, 0.15) is 32.8 Å².